The van der Waals surface area contributed by atoms with Crippen LogP contribution in [-0.4, -0.2) is 45.3 Å². The van der Waals surface area contributed by atoms with E-state index in [0.717, 1.165) is 51.0 Å². The van der Waals surface area contributed by atoms with Gasteiger partial charge in [0, 0.05) is 38.2 Å². The van der Waals surface area contributed by atoms with Gasteiger partial charge in [0.05, 0.1) is 11.8 Å². The largest absolute Gasteiger partial charge is 0.506 e. The number of aliphatic hydroxyl groups is 1. The van der Waals surface area contributed by atoms with E-state index in [4.69, 9.17) is 0 Å². The van der Waals surface area contributed by atoms with E-state index >= 15 is 0 Å². The van der Waals surface area contributed by atoms with E-state index < -0.39 is 5.60 Å². The number of nitrogens with zero attached hydrogens (tertiary/aromatic N) is 2. The molecule has 0 bridgehead atoms. The van der Waals surface area contributed by atoms with E-state index in [1.807, 2.05) is 6.07 Å². The Balaban J connectivity index is 1.31. The zero-order valence-electron chi connectivity index (χ0n) is 16.4. The maximum atomic E-state index is 11.2. The second kappa shape index (κ2) is 7.25. The van der Waals surface area contributed by atoms with Crippen LogP contribution in [0.2, 0.25) is 0 Å². The third-order valence-electron chi connectivity index (χ3n) is 6.24. The molecule has 4 rings (SSSR count). The number of aryl methyl sites for hydroxylation is 2. The van der Waals surface area contributed by atoms with Crippen molar-refractivity contribution >= 4 is 0 Å². The van der Waals surface area contributed by atoms with Gasteiger partial charge in [0.1, 0.15) is 5.75 Å². The Bertz CT molecular complexity index is 768. The minimum absolute atomic E-state index is 0.220. The number of hydrogen-bond acceptors (Lipinski definition) is 4. The minimum atomic E-state index is -0.541. The molecule has 3 atom stereocenters. The fourth-order valence-corrected chi connectivity index (χ4v) is 5.27. The molecule has 0 amide bonds. The molecule has 2 aliphatic rings. The van der Waals surface area contributed by atoms with Crippen LogP contribution in [0.1, 0.15) is 35.2 Å². The van der Waals surface area contributed by atoms with Gasteiger partial charge < -0.3 is 15.1 Å². The highest BCUT2D eigenvalue weighted by molar-refractivity contribution is 5.30. The topological polar surface area (TPSA) is 56.6 Å². The Morgan fingerprint density at radius 2 is 1.74 bits per heavy atom. The molecule has 1 aliphatic heterocycles. The Morgan fingerprint density at radius 1 is 1.07 bits per heavy atom. The number of aromatic nitrogens is 1. The first-order valence-corrected chi connectivity index (χ1v) is 10.0. The Kier molecular flexibility index (Phi) is 4.95. The first-order valence-electron chi connectivity index (χ1n) is 10.0. The summed E-state index contributed by atoms with van der Waals surface area (Å²) in [7, 11) is 0. The summed E-state index contributed by atoms with van der Waals surface area (Å²) in [5, 5.41) is 20.5. The van der Waals surface area contributed by atoms with Crippen molar-refractivity contribution in [1.82, 2.24) is 9.88 Å². The van der Waals surface area contributed by atoms with E-state index in [1.54, 1.807) is 6.07 Å². The number of fused-ring (bicyclic) bond motifs is 1. The Labute approximate surface area is 161 Å². The quantitative estimate of drug-likeness (QED) is 0.853. The van der Waals surface area contributed by atoms with Crippen LogP contribution in [-0.2, 0) is 12.8 Å². The van der Waals surface area contributed by atoms with Gasteiger partial charge in [-0.15, -0.1) is 0 Å². The van der Waals surface area contributed by atoms with Crippen LogP contribution in [0, 0.1) is 25.7 Å². The van der Waals surface area contributed by atoms with Crippen molar-refractivity contribution in [2.75, 3.05) is 19.6 Å². The average Bonchev–Trinajstić information content (AvgIpc) is 3.07. The predicted octanol–water partition coefficient (Wildman–Crippen LogP) is 3.26. The van der Waals surface area contributed by atoms with Crippen LogP contribution in [0.15, 0.2) is 36.5 Å². The molecule has 1 saturated heterocycles. The molecule has 1 aromatic carbocycles. The summed E-state index contributed by atoms with van der Waals surface area (Å²) in [4.78, 5) is 6.79. The molecule has 1 aliphatic carbocycles. The van der Waals surface area contributed by atoms with Crippen molar-refractivity contribution in [2.24, 2.45) is 11.8 Å². The normalized spacial score (nSPS) is 27.8. The van der Waals surface area contributed by atoms with Crippen molar-refractivity contribution in [3.8, 4) is 5.75 Å². The van der Waals surface area contributed by atoms with Crippen LogP contribution in [0.25, 0.3) is 0 Å². The average molecular weight is 367 g/mol. The van der Waals surface area contributed by atoms with Gasteiger partial charge in [0.15, 0.2) is 0 Å². The van der Waals surface area contributed by atoms with Crippen molar-refractivity contribution in [1.29, 1.82) is 0 Å². The van der Waals surface area contributed by atoms with Crippen LogP contribution in [0.5, 0.6) is 5.75 Å². The first-order chi connectivity index (χ1) is 12.9. The molecule has 2 aromatic rings. The zero-order valence-corrected chi connectivity index (χ0v) is 16.4. The summed E-state index contributed by atoms with van der Waals surface area (Å²) < 4.78 is 0. The summed E-state index contributed by atoms with van der Waals surface area (Å²) in [6.07, 6.45) is 5.03. The number of likely N-dealkylation sites (tertiary alicyclic amines) is 1. The van der Waals surface area contributed by atoms with Crippen molar-refractivity contribution < 1.29 is 10.2 Å². The molecule has 4 heteroatoms. The standard InChI is InChI=1S/C23H30N2O2/c1-16-7-17(2)9-18(8-16)10-23(27)11-19-14-25(15-20(19)12-23)6-5-21-3-4-22(26)13-24-21/h3-4,7-9,13,19-20,26-27H,5-6,10-12,14-15H2,1-2H3/t19-,20+,23?. The molecule has 1 aromatic heterocycles. The number of hydrogen-bond donors (Lipinski definition) is 2. The number of aromatic hydroxyl groups is 1. The van der Waals surface area contributed by atoms with Gasteiger partial charge in [-0.2, -0.15) is 0 Å². The lowest BCUT2D eigenvalue weighted by molar-refractivity contribution is 0.0355. The zero-order chi connectivity index (χ0) is 19.0. The molecule has 0 spiro atoms. The van der Waals surface area contributed by atoms with E-state index in [9.17, 15) is 10.2 Å². The number of pyridine rings is 1. The highest BCUT2D eigenvalue weighted by atomic mass is 16.3. The highest BCUT2D eigenvalue weighted by Crippen LogP contribution is 2.45. The molecule has 2 fully saturated rings. The molecule has 144 valence electrons. The molecule has 4 nitrogen and oxygen atoms in total. The first kappa shape index (κ1) is 18.5. The second-order valence-electron chi connectivity index (χ2n) is 8.84. The van der Waals surface area contributed by atoms with Gasteiger partial charge in [-0.3, -0.25) is 4.98 Å². The van der Waals surface area contributed by atoms with Crippen molar-refractivity contribution in [3.05, 3.63) is 58.9 Å². The maximum Gasteiger partial charge on any atom is 0.133 e. The summed E-state index contributed by atoms with van der Waals surface area (Å²) >= 11 is 0. The summed E-state index contributed by atoms with van der Waals surface area (Å²) in [6.45, 7) is 7.42. The molecule has 1 saturated carbocycles. The van der Waals surface area contributed by atoms with Gasteiger partial charge in [-0.05, 0) is 56.2 Å². The maximum absolute atomic E-state index is 11.2. The highest BCUT2D eigenvalue weighted by Gasteiger charge is 2.47. The summed E-state index contributed by atoms with van der Waals surface area (Å²) in [5.41, 5.74) is 4.31. The van der Waals surface area contributed by atoms with Gasteiger partial charge in [0.25, 0.3) is 0 Å². The Hall–Kier alpha value is -1.91. The van der Waals surface area contributed by atoms with E-state index in [0.29, 0.717) is 11.8 Å². The number of benzene rings is 1. The third-order valence-corrected chi connectivity index (χ3v) is 6.24. The lowest BCUT2D eigenvalue weighted by Gasteiger charge is -2.26. The minimum Gasteiger partial charge on any atom is -0.506 e. The molecular weight excluding hydrogens is 336 g/mol. The summed E-state index contributed by atoms with van der Waals surface area (Å²) in [6, 6.07) is 10.2. The monoisotopic (exact) mass is 366 g/mol. The van der Waals surface area contributed by atoms with Crippen LogP contribution in [0.4, 0.5) is 0 Å². The van der Waals surface area contributed by atoms with Crippen LogP contribution < -0.4 is 0 Å². The van der Waals surface area contributed by atoms with Crippen molar-refractivity contribution in [3.63, 3.8) is 0 Å². The van der Waals surface area contributed by atoms with Gasteiger partial charge in [0.2, 0.25) is 0 Å². The predicted molar refractivity (Wildman–Crippen MR) is 107 cm³/mol. The second-order valence-corrected chi connectivity index (χ2v) is 8.84. The van der Waals surface area contributed by atoms with E-state index in [1.165, 1.54) is 22.9 Å². The molecule has 0 radical (unpaired) electrons. The number of rotatable bonds is 5. The third kappa shape index (κ3) is 4.33. The molecule has 2 heterocycles. The van der Waals surface area contributed by atoms with Crippen molar-refractivity contribution in [2.45, 2.75) is 45.1 Å². The van der Waals surface area contributed by atoms with Crippen LogP contribution >= 0.6 is 0 Å². The lowest BCUT2D eigenvalue weighted by Crippen LogP contribution is -2.32. The molecular formula is C23H30N2O2. The van der Waals surface area contributed by atoms with Gasteiger partial charge >= 0.3 is 0 Å². The fourth-order valence-electron chi connectivity index (χ4n) is 5.27. The van der Waals surface area contributed by atoms with Crippen LogP contribution in [0.3, 0.4) is 0 Å². The van der Waals surface area contributed by atoms with Gasteiger partial charge in [-0.1, -0.05) is 29.3 Å². The molecule has 2 N–H and O–H groups in total. The van der Waals surface area contributed by atoms with E-state index in [2.05, 4.69) is 41.9 Å². The fraction of sp³-hybridized carbons (Fsp3) is 0.522. The Morgan fingerprint density at radius 3 is 2.33 bits per heavy atom. The van der Waals surface area contributed by atoms with Gasteiger partial charge in [-0.25, -0.2) is 0 Å². The van der Waals surface area contributed by atoms with E-state index in [-0.39, 0.29) is 5.75 Å². The molecule has 1 unspecified atom stereocenters. The summed E-state index contributed by atoms with van der Waals surface area (Å²) in [5.74, 6) is 1.43. The molecule has 27 heavy (non-hydrogen) atoms. The lowest BCUT2D eigenvalue weighted by atomic mass is 9.90. The smallest absolute Gasteiger partial charge is 0.133 e. The SMILES string of the molecule is Cc1cc(C)cc(CC2(O)C[C@H]3CN(CCc4ccc(O)cn4)C[C@H]3C2)c1.